The molecule has 7 nitrogen and oxygen atoms in total. The first-order valence-corrected chi connectivity index (χ1v) is 10.4. The minimum Gasteiger partial charge on any atom is -0.357 e. The number of aryl methyl sites for hydroxylation is 1. The number of nitrogens with one attached hydrogen (secondary N) is 1. The number of nitrogens with zero attached hydrogens (tertiary/aromatic N) is 6. The molecular formula is C22H22ClN7. The van der Waals surface area contributed by atoms with Gasteiger partial charge in [0.1, 0.15) is 5.82 Å². The van der Waals surface area contributed by atoms with Crippen molar-refractivity contribution >= 4 is 28.5 Å². The van der Waals surface area contributed by atoms with Crippen LogP contribution in [-0.2, 0) is 7.05 Å². The molecule has 0 spiro atoms. The second-order valence-corrected chi connectivity index (χ2v) is 7.82. The van der Waals surface area contributed by atoms with Gasteiger partial charge in [-0.3, -0.25) is 9.67 Å². The fraction of sp³-hybridized carbons (Fsp3) is 0.273. The van der Waals surface area contributed by atoms with Crippen LogP contribution in [0.15, 0.2) is 55.1 Å². The van der Waals surface area contributed by atoms with E-state index in [0.717, 1.165) is 65.2 Å². The summed E-state index contributed by atoms with van der Waals surface area (Å²) in [6.45, 7) is 1.89. The Morgan fingerprint density at radius 1 is 1.07 bits per heavy atom. The number of hydrogen-bond acceptors (Lipinski definition) is 6. The molecule has 0 radical (unpaired) electrons. The first-order chi connectivity index (χ1) is 14.7. The number of piperidine rings is 1. The summed E-state index contributed by atoms with van der Waals surface area (Å²) >= 11 is 5.77. The average Bonchev–Trinajstić information content (AvgIpc) is 3.25. The van der Waals surface area contributed by atoms with Gasteiger partial charge in [-0.05, 0) is 55.0 Å². The van der Waals surface area contributed by atoms with Crippen LogP contribution in [0.4, 0.5) is 5.82 Å². The highest BCUT2D eigenvalue weighted by molar-refractivity contribution is 6.13. The van der Waals surface area contributed by atoms with Crippen molar-refractivity contribution in [2.24, 2.45) is 7.05 Å². The highest BCUT2D eigenvalue weighted by atomic mass is 35.5. The van der Waals surface area contributed by atoms with Crippen molar-refractivity contribution in [3.05, 3.63) is 55.1 Å². The van der Waals surface area contributed by atoms with Crippen LogP contribution in [0, 0.1) is 0 Å². The SMILES string of the molecule is Cn1cc(-c2cc3ncccc3c(-c3ccc(N4CCC(NCl)CC4)nc3)n2)cn1. The van der Waals surface area contributed by atoms with Gasteiger partial charge in [0, 0.05) is 61.3 Å². The van der Waals surface area contributed by atoms with Crippen LogP contribution in [0.3, 0.4) is 0 Å². The Balaban J connectivity index is 1.51. The summed E-state index contributed by atoms with van der Waals surface area (Å²) in [6, 6.07) is 10.5. The zero-order chi connectivity index (χ0) is 20.5. The van der Waals surface area contributed by atoms with E-state index in [-0.39, 0.29) is 0 Å². The van der Waals surface area contributed by atoms with Gasteiger partial charge in [-0.2, -0.15) is 5.10 Å². The smallest absolute Gasteiger partial charge is 0.128 e. The molecule has 4 aromatic heterocycles. The molecule has 1 N–H and O–H groups in total. The van der Waals surface area contributed by atoms with E-state index in [2.05, 4.69) is 38.0 Å². The van der Waals surface area contributed by atoms with Gasteiger partial charge in [-0.25, -0.2) is 14.8 Å². The lowest BCUT2D eigenvalue weighted by Crippen LogP contribution is -2.40. The molecule has 0 atom stereocenters. The molecule has 0 unspecified atom stereocenters. The maximum atomic E-state index is 5.77. The van der Waals surface area contributed by atoms with Crippen molar-refractivity contribution in [2.45, 2.75) is 18.9 Å². The van der Waals surface area contributed by atoms with Crippen molar-refractivity contribution in [2.75, 3.05) is 18.0 Å². The van der Waals surface area contributed by atoms with Crippen molar-refractivity contribution in [1.82, 2.24) is 29.6 Å². The van der Waals surface area contributed by atoms with Crippen molar-refractivity contribution in [3.63, 3.8) is 0 Å². The van der Waals surface area contributed by atoms with Crippen LogP contribution in [0.25, 0.3) is 33.4 Å². The molecule has 4 aromatic rings. The normalized spacial score (nSPS) is 15.1. The molecule has 5 rings (SSSR count). The van der Waals surface area contributed by atoms with Crippen LogP contribution in [-0.4, -0.2) is 43.9 Å². The van der Waals surface area contributed by atoms with Gasteiger partial charge in [0.15, 0.2) is 0 Å². The minimum atomic E-state index is 0.375. The molecule has 1 aliphatic rings. The number of hydrogen-bond donors (Lipinski definition) is 1. The van der Waals surface area contributed by atoms with E-state index in [0.29, 0.717) is 6.04 Å². The molecule has 0 aromatic carbocycles. The zero-order valence-electron chi connectivity index (χ0n) is 16.7. The Hall–Kier alpha value is -3.03. The van der Waals surface area contributed by atoms with Gasteiger partial charge < -0.3 is 4.90 Å². The van der Waals surface area contributed by atoms with E-state index in [1.165, 1.54) is 0 Å². The van der Waals surface area contributed by atoms with Gasteiger partial charge in [-0.15, -0.1) is 0 Å². The van der Waals surface area contributed by atoms with E-state index in [1.54, 1.807) is 10.9 Å². The second-order valence-electron chi connectivity index (χ2n) is 7.60. The summed E-state index contributed by atoms with van der Waals surface area (Å²) in [7, 11) is 1.90. The quantitative estimate of drug-likeness (QED) is 0.507. The summed E-state index contributed by atoms with van der Waals surface area (Å²) in [5.74, 6) is 0.984. The Labute approximate surface area is 179 Å². The van der Waals surface area contributed by atoms with Crippen LogP contribution >= 0.6 is 11.8 Å². The van der Waals surface area contributed by atoms with Gasteiger partial charge in [-0.1, -0.05) is 0 Å². The predicted molar refractivity (Wildman–Crippen MR) is 119 cm³/mol. The molecule has 5 heterocycles. The fourth-order valence-electron chi connectivity index (χ4n) is 3.93. The third-order valence-corrected chi connectivity index (χ3v) is 5.90. The topological polar surface area (TPSA) is 71.8 Å². The lowest BCUT2D eigenvalue weighted by atomic mass is 10.0. The maximum Gasteiger partial charge on any atom is 0.128 e. The molecule has 0 amide bonds. The van der Waals surface area contributed by atoms with Gasteiger partial charge >= 0.3 is 0 Å². The predicted octanol–water partition coefficient (Wildman–Crippen LogP) is 3.80. The molecule has 1 fully saturated rings. The Kier molecular flexibility index (Phi) is 5.06. The summed E-state index contributed by atoms with van der Waals surface area (Å²) in [4.78, 5) is 19.4. The maximum absolute atomic E-state index is 5.77. The average molecular weight is 420 g/mol. The van der Waals surface area contributed by atoms with Crippen LogP contribution in [0.5, 0.6) is 0 Å². The van der Waals surface area contributed by atoms with Crippen molar-refractivity contribution in [3.8, 4) is 22.5 Å². The standard InChI is InChI=1S/C22H22ClN7/c1-29-14-16(13-26-29)19-11-20-18(3-2-8-24-20)22(27-19)15-4-5-21(25-12-15)30-9-6-17(28-23)7-10-30/h2-5,8,11-14,17,28H,6-7,9-10H2,1H3. The Morgan fingerprint density at radius 3 is 2.63 bits per heavy atom. The largest absolute Gasteiger partial charge is 0.357 e. The van der Waals surface area contributed by atoms with Crippen molar-refractivity contribution in [1.29, 1.82) is 0 Å². The van der Waals surface area contributed by atoms with Gasteiger partial charge in [0.2, 0.25) is 0 Å². The van der Waals surface area contributed by atoms with Gasteiger partial charge in [0.25, 0.3) is 0 Å². The molecule has 0 bridgehead atoms. The fourth-order valence-corrected chi connectivity index (χ4v) is 4.15. The van der Waals surface area contributed by atoms with Crippen LogP contribution < -0.4 is 9.74 Å². The first kappa shape index (κ1) is 19.0. The number of pyridine rings is 3. The third kappa shape index (κ3) is 3.62. The second kappa shape index (κ2) is 8.01. The monoisotopic (exact) mass is 419 g/mol. The molecule has 8 heteroatoms. The summed E-state index contributed by atoms with van der Waals surface area (Å²) in [6.07, 6.45) is 9.52. The lowest BCUT2D eigenvalue weighted by Gasteiger charge is -2.32. The summed E-state index contributed by atoms with van der Waals surface area (Å²) in [5.41, 5.74) is 4.57. The number of fused-ring (bicyclic) bond motifs is 1. The number of rotatable bonds is 4. The van der Waals surface area contributed by atoms with E-state index in [1.807, 2.05) is 37.8 Å². The lowest BCUT2D eigenvalue weighted by molar-refractivity contribution is 0.473. The third-order valence-electron chi connectivity index (χ3n) is 5.59. The summed E-state index contributed by atoms with van der Waals surface area (Å²) < 4.78 is 1.78. The van der Waals surface area contributed by atoms with E-state index in [9.17, 15) is 0 Å². The molecule has 0 saturated carbocycles. The van der Waals surface area contributed by atoms with Crippen LogP contribution in [0.1, 0.15) is 12.8 Å². The zero-order valence-corrected chi connectivity index (χ0v) is 17.4. The molecule has 1 saturated heterocycles. The van der Waals surface area contributed by atoms with Crippen LogP contribution in [0.2, 0.25) is 0 Å². The number of aromatic nitrogens is 5. The van der Waals surface area contributed by atoms with Gasteiger partial charge in [0.05, 0.1) is 23.1 Å². The summed E-state index contributed by atoms with van der Waals surface area (Å²) in [5, 5.41) is 5.28. The minimum absolute atomic E-state index is 0.375. The number of halogens is 1. The molecule has 152 valence electrons. The van der Waals surface area contributed by atoms with E-state index >= 15 is 0 Å². The first-order valence-electron chi connectivity index (χ1n) is 10.0. The number of anilines is 1. The molecule has 0 aliphatic carbocycles. The molecular weight excluding hydrogens is 398 g/mol. The van der Waals surface area contributed by atoms with E-state index < -0.39 is 0 Å². The highest BCUT2D eigenvalue weighted by Gasteiger charge is 2.19. The Bertz CT molecular complexity index is 1160. The molecule has 30 heavy (non-hydrogen) atoms. The highest BCUT2D eigenvalue weighted by Crippen LogP contribution is 2.30. The van der Waals surface area contributed by atoms with E-state index in [4.69, 9.17) is 21.7 Å². The molecule has 1 aliphatic heterocycles. The Morgan fingerprint density at radius 2 is 1.93 bits per heavy atom. The van der Waals surface area contributed by atoms with Crippen molar-refractivity contribution < 1.29 is 0 Å².